The Hall–Kier alpha value is -1.29. The molecule has 0 aliphatic carbocycles. The van der Waals surface area contributed by atoms with Gasteiger partial charge in [-0.1, -0.05) is 0 Å². The third-order valence-corrected chi connectivity index (χ3v) is 1.81. The minimum atomic E-state index is -0.449. The highest BCUT2D eigenvalue weighted by Crippen LogP contribution is 2.09. The van der Waals surface area contributed by atoms with Crippen LogP contribution in [0.25, 0.3) is 0 Å². The van der Waals surface area contributed by atoms with Gasteiger partial charge in [-0.15, -0.1) is 0 Å². The van der Waals surface area contributed by atoms with Gasteiger partial charge >= 0.3 is 5.97 Å². The zero-order valence-electron chi connectivity index (χ0n) is 9.28. The lowest BCUT2D eigenvalue weighted by atomic mass is 10.4. The summed E-state index contributed by atoms with van der Waals surface area (Å²) in [4.78, 5) is 11.5. The molecule has 0 aromatic carbocycles. The highest BCUT2D eigenvalue weighted by Gasteiger charge is 2.14. The first-order valence-corrected chi connectivity index (χ1v) is 4.98. The van der Waals surface area contributed by atoms with Gasteiger partial charge in [-0.3, -0.25) is 0 Å². The molecule has 4 heteroatoms. The molecule has 84 valence electrons. The molecule has 0 N–H and O–H groups in total. The lowest BCUT2D eigenvalue weighted by Crippen LogP contribution is -2.20. The van der Waals surface area contributed by atoms with E-state index in [2.05, 4.69) is 0 Å². The van der Waals surface area contributed by atoms with Gasteiger partial charge in [0.1, 0.15) is 11.9 Å². The molecule has 0 spiro atoms. The summed E-state index contributed by atoms with van der Waals surface area (Å²) in [5.74, 6) is 0.477. The lowest BCUT2D eigenvalue weighted by Gasteiger charge is -2.11. The summed E-state index contributed by atoms with van der Waals surface area (Å²) >= 11 is 0. The second-order valence-corrected chi connectivity index (χ2v) is 3.29. The van der Waals surface area contributed by atoms with Crippen LogP contribution in [0.2, 0.25) is 0 Å². The molecular formula is C11H16O4. The van der Waals surface area contributed by atoms with Gasteiger partial charge < -0.3 is 13.9 Å². The van der Waals surface area contributed by atoms with E-state index in [4.69, 9.17) is 13.9 Å². The standard InChI is InChI=1S/C11H16O4/c1-4-13-7-9(3)15-11(12)10-6-5-8(2)14-10/h5-6,9H,4,7H2,1-3H3/t9-/m1/s1. The van der Waals surface area contributed by atoms with Crippen molar-refractivity contribution in [2.24, 2.45) is 0 Å². The fraction of sp³-hybridized carbons (Fsp3) is 0.545. The van der Waals surface area contributed by atoms with Gasteiger partial charge in [-0.25, -0.2) is 4.79 Å². The van der Waals surface area contributed by atoms with Crippen LogP contribution in [-0.2, 0) is 9.47 Å². The quantitative estimate of drug-likeness (QED) is 0.702. The van der Waals surface area contributed by atoms with Crippen LogP contribution in [0, 0.1) is 6.92 Å². The van der Waals surface area contributed by atoms with Crippen LogP contribution in [0.15, 0.2) is 16.5 Å². The number of esters is 1. The number of rotatable bonds is 5. The van der Waals surface area contributed by atoms with Crippen molar-refractivity contribution in [3.8, 4) is 0 Å². The van der Waals surface area contributed by atoms with E-state index in [0.29, 0.717) is 19.0 Å². The Bertz CT molecular complexity index is 316. The van der Waals surface area contributed by atoms with Gasteiger partial charge in [0.2, 0.25) is 5.76 Å². The van der Waals surface area contributed by atoms with Gasteiger partial charge in [-0.05, 0) is 32.9 Å². The zero-order chi connectivity index (χ0) is 11.3. The second-order valence-electron chi connectivity index (χ2n) is 3.29. The average Bonchev–Trinajstić information content (AvgIpc) is 2.61. The van der Waals surface area contributed by atoms with Gasteiger partial charge in [-0.2, -0.15) is 0 Å². The van der Waals surface area contributed by atoms with Gasteiger partial charge in [0.05, 0.1) is 6.61 Å². The minimum absolute atomic E-state index is 0.232. The Balaban J connectivity index is 2.42. The van der Waals surface area contributed by atoms with Crippen LogP contribution in [0.1, 0.15) is 30.2 Å². The third kappa shape index (κ3) is 3.75. The molecule has 0 amide bonds. The number of carbonyl (C=O) groups excluding carboxylic acids is 1. The number of hydrogen-bond donors (Lipinski definition) is 0. The van der Waals surface area contributed by atoms with Crippen LogP contribution in [-0.4, -0.2) is 25.3 Å². The molecule has 4 nitrogen and oxygen atoms in total. The zero-order valence-corrected chi connectivity index (χ0v) is 9.28. The van der Waals surface area contributed by atoms with E-state index in [1.165, 1.54) is 0 Å². The summed E-state index contributed by atoms with van der Waals surface area (Å²) in [6, 6.07) is 3.33. The fourth-order valence-corrected chi connectivity index (χ4v) is 1.10. The van der Waals surface area contributed by atoms with Crippen molar-refractivity contribution in [2.45, 2.75) is 26.9 Å². The Morgan fingerprint density at radius 1 is 1.53 bits per heavy atom. The van der Waals surface area contributed by atoms with Crippen molar-refractivity contribution in [1.82, 2.24) is 0 Å². The van der Waals surface area contributed by atoms with Crippen LogP contribution in [0.5, 0.6) is 0 Å². The second kappa shape index (κ2) is 5.56. The normalized spacial score (nSPS) is 12.5. The number of aryl methyl sites for hydroxylation is 1. The molecule has 1 aromatic heterocycles. The third-order valence-electron chi connectivity index (χ3n) is 1.81. The summed E-state index contributed by atoms with van der Waals surface area (Å²) in [6.07, 6.45) is -0.261. The first kappa shape index (κ1) is 11.8. The van der Waals surface area contributed by atoms with E-state index in [9.17, 15) is 4.79 Å². The van der Waals surface area contributed by atoms with E-state index in [1.54, 1.807) is 26.0 Å². The molecule has 0 aliphatic rings. The molecule has 1 heterocycles. The predicted molar refractivity (Wildman–Crippen MR) is 54.8 cm³/mol. The van der Waals surface area contributed by atoms with Crippen molar-refractivity contribution < 1.29 is 18.7 Å². The van der Waals surface area contributed by atoms with Crippen LogP contribution in [0.3, 0.4) is 0 Å². The number of ether oxygens (including phenoxy) is 2. The molecule has 0 unspecified atom stereocenters. The highest BCUT2D eigenvalue weighted by molar-refractivity contribution is 5.86. The lowest BCUT2D eigenvalue weighted by molar-refractivity contribution is 0.00168. The Kier molecular flexibility index (Phi) is 4.37. The summed E-state index contributed by atoms with van der Waals surface area (Å²) in [5, 5.41) is 0. The van der Waals surface area contributed by atoms with Crippen molar-refractivity contribution in [1.29, 1.82) is 0 Å². The first-order valence-electron chi connectivity index (χ1n) is 4.98. The molecule has 0 radical (unpaired) electrons. The fourth-order valence-electron chi connectivity index (χ4n) is 1.10. The first-order chi connectivity index (χ1) is 7.13. The molecule has 0 bridgehead atoms. The largest absolute Gasteiger partial charge is 0.454 e. The van der Waals surface area contributed by atoms with Crippen molar-refractivity contribution in [3.63, 3.8) is 0 Å². The van der Waals surface area contributed by atoms with E-state index in [1.807, 2.05) is 6.92 Å². The smallest absolute Gasteiger partial charge is 0.374 e. The SMILES string of the molecule is CCOC[C@@H](C)OC(=O)c1ccc(C)o1. The Labute approximate surface area is 89.2 Å². The molecule has 0 aliphatic heterocycles. The maximum atomic E-state index is 11.5. The summed E-state index contributed by atoms with van der Waals surface area (Å²) in [6.45, 7) is 6.47. The molecule has 1 aromatic rings. The number of furan rings is 1. The van der Waals surface area contributed by atoms with E-state index in [0.717, 1.165) is 0 Å². The Morgan fingerprint density at radius 3 is 2.80 bits per heavy atom. The summed E-state index contributed by atoms with van der Waals surface area (Å²) < 4.78 is 15.4. The highest BCUT2D eigenvalue weighted by atomic mass is 16.6. The number of carbonyl (C=O) groups is 1. The summed E-state index contributed by atoms with van der Waals surface area (Å²) in [7, 11) is 0. The summed E-state index contributed by atoms with van der Waals surface area (Å²) in [5.41, 5.74) is 0. The molecule has 1 atom stereocenters. The number of hydrogen-bond acceptors (Lipinski definition) is 4. The maximum Gasteiger partial charge on any atom is 0.374 e. The van der Waals surface area contributed by atoms with E-state index in [-0.39, 0.29) is 11.9 Å². The predicted octanol–water partition coefficient (Wildman–Crippen LogP) is 2.17. The minimum Gasteiger partial charge on any atom is -0.454 e. The monoisotopic (exact) mass is 212 g/mol. The van der Waals surface area contributed by atoms with Crippen molar-refractivity contribution >= 4 is 5.97 Å². The molecule has 0 fully saturated rings. The molecule has 15 heavy (non-hydrogen) atoms. The molecular weight excluding hydrogens is 196 g/mol. The van der Waals surface area contributed by atoms with E-state index < -0.39 is 5.97 Å². The van der Waals surface area contributed by atoms with Gasteiger partial charge in [0.25, 0.3) is 0 Å². The topological polar surface area (TPSA) is 48.7 Å². The maximum absolute atomic E-state index is 11.5. The molecule has 0 saturated carbocycles. The van der Waals surface area contributed by atoms with Gasteiger partial charge in [0.15, 0.2) is 0 Å². The van der Waals surface area contributed by atoms with Crippen LogP contribution >= 0.6 is 0 Å². The van der Waals surface area contributed by atoms with Crippen LogP contribution < -0.4 is 0 Å². The molecule has 0 saturated heterocycles. The van der Waals surface area contributed by atoms with Crippen LogP contribution in [0.4, 0.5) is 0 Å². The van der Waals surface area contributed by atoms with Gasteiger partial charge in [0, 0.05) is 6.61 Å². The van der Waals surface area contributed by atoms with Crippen molar-refractivity contribution in [3.05, 3.63) is 23.7 Å². The average molecular weight is 212 g/mol. The molecule has 1 rings (SSSR count). The Morgan fingerprint density at radius 2 is 2.27 bits per heavy atom. The van der Waals surface area contributed by atoms with Crippen molar-refractivity contribution in [2.75, 3.05) is 13.2 Å². The van der Waals surface area contributed by atoms with E-state index >= 15 is 0 Å².